The molecular weight excluding hydrogens is 250 g/mol. The average Bonchev–Trinajstić information content (AvgIpc) is 2.18. The molecule has 0 spiro atoms. The fraction of sp³-hybridized carbons (Fsp3) is 0.333. The summed E-state index contributed by atoms with van der Waals surface area (Å²) in [6, 6.07) is 3.86. The van der Waals surface area contributed by atoms with Crippen molar-refractivity contribution in [2.45, 2.75) is 13.2 Å². The molecule has 1 aliphatic heterocycles. The lowest BCUT2D eigenvalue weighted by Crippen LogP contribution is -2.15. The van der Waals surface area contributed by atoms with Crippen LogP contribution in [0.1, 0.15) is 11.1 Å². The summed E-state index contributed by atoms with van der Waals surface area (Å²) in [6.07, 6.45) is 0. The molecule has 0 radical (unpaired) electrons. The van der Waals surface area contributed by atoms with Crippen LogP contribution in [-0.2, 0) is 17.9 Å². The van der Waals surface area contributed by atoms with Gasteiger partial charge in [0.25, 0.3) is 0 Å². The Morgan fingerprint density at radius 1 is 1.50 bits per heavy atom. The van der Waals surface area contributed by atoms with Gasteiger partial charge in [-0.05, 0) is 12.1 Å². The number of hydroxylamine groups is 1. The Kier molecular flexibility index (Phi) is 3.02. The van der Waals surface area contributed by atoms with Gasteiger partial charge in [-0.2, -0.15) is 0 Å². The van der Waals surface area contributed by atoms with E-state index in [-0.39, 0.29) is 6.79 Å². The Bertz CT molecular complexity index is 343. The van der Waals surface area contributed by atoms with E-state index in [1.807, 2.05) is 12.1 Å². The van der Waals surface area contributed by atoms with Gasteiger partial charge in [-0.25, -0.2) is 5.48 Å². The van der Waals surface area contributed by atoms with Crippen LogP contribution in [0.15, 0.2) is 16.6 Å². The van der Waals surface area contributed by atoms with Crippen LogP contribution in [0.25, 0.3) is 0 Å². The van der Waals surface area contributed by atoms with E-state index in [1.54, 1.807) is 0 Å². The Morgan fingerprint density at radius 3 is 3.14 bits per heavy atom. The zero-order valence-corrected chi connectivity index (χ0v) is 9.00. The van der Waals surface area contributed by atoms with Crippen molar-refractivity contribution < 1.29 is 14.7 Å². The number of hydrogen-bond donors (Lipinski definition) is 2. The topological polar surface area (TPSA) is 50.7 Å². The number of hydrogen-bond acceptors (Lipinski definition) is 4. The fourth-order valence-electron chi connectivity index (χ4n) is 1.47. The summed E-state index contributed by atoms with van der Waals surface area (Å²) in [4.78, 5) is 0. The monoisotopic (exact) mass is 259 g/mol. The van der Waals surface area contributed by atoms with Crippen molar-refractivity contribution in [3.05, 3.63) is 27.7 Å². The molecule has 0 aliphatic carbocycles. The Hall–Kier alpha value is -0.620. The van der Waals surface area contributed by atoms with Gasteiger partial charge in [-0.15, -0.1) is 0 Å². The SMILES string of the molecule is ONCc1cc(Br)cc2c1OCOC2. The van der Waals surface area contributed by atoms with Crippen LogP contribution in [0.5, 0.6) is 5.75 Å². The van der Waals surface area contributed by atoms with Crippen molar-refractivity contribution in [3.8, 4) is 5.75 Å². The first kappa shape index (κ1) is 9.92. The van der Waals surface area contributed by atoms with E-state index in [0.717, 1.165) is 21.3 Å². The van der Waals surface area contributed by atoms with Crippen LogP contribution in [-0.4, -0.2) is 12.0 Å². The van der Waals surface area contributed by atoms with Crippen molar-refractivity contribution >= 4 is 15.9 Å². The lowest BCUT2D eigenvalue weighted by molar-refractivity contribution is -0.0175. The molecule has 4 nitrogen and oxygen atoms in total. The van der Waals surface area contributed by atoms with Crippen LogP contribution in [0.2, 0.25) is 0 Å². The number of ether oxygens (including phenoxy) is 2. The number of halogens is 1. The van der Waals surface area contributed by atoms with E-state index < -0.39 is 0 Å². The smallest absolute Gasteiger partial charge is 0.189 e. The highest BCUT2D eigenvalue weighted by Crippen LogP contribution is 2.31. The summed E-state index contributed by atoms with van der Waals surface area (Å²) < 4.78 is 11.5. The van der Waals surface area contributed by atoms with Crippen molar-refractivity contribution in [1.82, 2.24) is 5.48 Å². The zero-order valence-electron chi connectivity index (χ0n) is 7.42. The number of benzene rings is 1. The van der Waals surface area contributed by atoms with E-state index in [9.17, 15) is 0 Å². The van der Waals surface area contributed by atoms with Crippen molar-refractivity contribution in [1.29, 1.82) is 0 Å². The lowest BCUT2D eigenvalue weighted by atomic mass is 10.1. The quantitative estimate of drug-likeness (QED) is 0.796. The molecule has 0 atom stereocenters. The number of nitrogens with one attached hydrogen (secondary N) is 1. The van der Waals surface area contributed by atoms with E-state index in [2.05, 4.69) is 21.4 Å². The van der Waals surface area contributed by atoms with Gasteiger partial charge < -0.3 is 14.7 Å². The molecule has 0 saturated heterocycles. The minimum Gasteiger partial charge on any atom is -0.467 e. The first-order valence-corrected chi connectivity index (χ1v) is 4.99. The van der Waals surface area contributed by atoms with Gasteiger partial charge >= 0.3 is 0 Å². The fourth-order valence-corrected chi connectivity index (χ4v) is 2.03. The molecule has 2 N–H and O–H groups in total. The Labute approximate surface area is 89.9 Å². The normalized spacial score (nSPS) is 14.7. The molecule has 0 fully saturated rings. The van der Waals surface area contributed by atoms with E-state index in [4.69, 9.17) is 14.7 Å². The Balaban J connectivity index is 2.41. The van der Waals surface area contributed by atoms with Gasteiger partial charge in [0.2, 0.25) is 0 Å². The molecule has 0 unspecified atom stereocenters. The molecule has 14 heavy (non-hydrogen) atoms. The molecular formula is C9H10BrNO3. The summed E-state index contributed by atoms with van der Waals surface area (Å²) in [7, 11) is 0. The maximum absolute atomic E-state index is 8.66. The summed E-state index contributed by atoms with van der Waals surface area (Å²) in [5.74, 6) is 0.806. The zero-order chi connectivity index (χ0) is 9.97. The highest BCUT2D eigenvalue weighted by Gasteiger charge is 2.15. The predicted octanol–water partition coefficient (Wildman–Crippen LogP) is 1.79. The molecule has 76 valence electrons. The van der Waals surface area contributed by atoms with Gasteiger partial charge in [-0.1, -0.05) is 15.9 Å². The molecule has 2 rings (SSSR count). The lowest BCUT2D eigenvalue weighted by Gasteiger charge is -2.20. The summed E-state index contributed by atoms with van der Waals surface area (Å²) in [6.45, 7) is 1.18. The average molecular weight is 260 g/mol. The van der Waals surface area contributed by atoms with Crippen LogP contribution in [0.4, 0.5) is 0 Å². The highest BCUT2D eigenvalue weighted by molar-refractivity contribution is 9.10. The van der Waals surface area contributed by atoms with E-state index >= 15 is 0 Å². The third-order valence-electron chi connectivity index (χ3n) is 2.02. The van der Waals surface area contributed by atoms with Crippen LogP contribution in [0, 0.1) is 0 Å². The standard InChI is InChI=1S/C9H10BrNO3/c10-8-1-6(3-11-12)9-7(2-8)4-13-5-14-9/h1-2,11-12H,3-5H2. The van der Waals surface area contributed by atoms with Crippen LogP contribution >= 0.6 is 15.9 Å². The van der Waals surface area contributed by atoms with Crippen molar-refractivity contribution in [2.24, 2.45) is 0 Å². The molecule has 1 aromatic carbocycles. The van der Waals surface area contributed by atoms with Crippen molar-refractivity contribution in [3.63, 3.8) is 0 Å². The van der Waals surface area contributed by atoms with E-state index in [0.29, 0.717) is 13.2 Å². The second-order valence-electron chi connectivity index (χ2n) is 3.00. The highest BCUT2D eigenvalue weighted by atomic mass is 79.9. The second-order valence-corrected chi connectivity index (χ2v) is 3.91. The molecule has 0 saturated carbocycles. The summed E-state index contributed by atoms with van der Waals surface area (Å²) in [5.41, 5.74) is 4.03. The molecule has 0 aromatic heterocycles. The molecule has 5 heteroatoms. The predicted molar refractivity (Wildman–Crippen MR) is 53.1 cm³/mol. The van der Waals surface area contributed by atoms with E-state index in [1.165, 1.54) is 0 Å². The molecule has 1 aromatic rings. The molecule has 1 aliphatic rings. The van der Waals surface area contributed by atoms with Crippen LogP contribution < -0.4 is 10.2 Å². The van der Waals surface area contributed by atoms with Gasteiger partial charge in [-0.3, -0.25) is 0 Å². The summed E-state index contributed by atoms with van der Waals surface area (Å²) in [5, 5.41) is 8.66. The first-order chi connectivity index (χ1) is 6.81. The maximum Gasteiger partial charge on any atom is 0.189 e. The van der Waals surface area contributed by atoms with Crippen molar-refractivity contribution in [2.75, 3.05) is 6.79 Å². The van der Waals surface area contributed by atoms with Gasteiger partial charge in [0, 0.05) is 22.1 Å². The first-order valence-electron chi connectivity index (χ1n) is 4.20. The van der Waals surface area contributed by atoms with Gasteiger partial charge in [0.15, 0.2) is 6.79 Å². The summed E-state index contributed by atoms with van der Waals surface area (Å²) >= 11 is 3.39. The third kappa shape index (κ3) is 1.90. The van der Waals surface area contributed by atoms with Gasteiger partial charge in [0.1, 0.15) is 5.75 Å². The third-order valence-corrected chi connectivity index (χ3v) is 2.48. The number of rotatable bonds is 2. The van der Waals surface area contributed by atoms with Crippen LogP contribution in [0.3, 0.4) is 0 Å². The maximum atomic E-state index is 8.66. The second kappa shape index (κ2) is 4.27. The molecule has 1 heterocycles. The molecule has 0 bridgehead atoms. The largest absolute Gasteiger partial charge is 0.467 e. The molecule has 0 amide bonds. The minimum atomic E-state index is 0.271. The van der Waals surface area contributed by atoms with Gasteiger partial charge in [0.05, 0.1) is 6.61 Å². The Morgan fingerprint density at radius 2 is 2.36 bits per heavy atom. The minimum absolute atomic E-state index is 0.271. The number of fused-ring (bicyclic) bond motifs is 1.